The molecule has 0 spiro atoms. The van der Waals surface area contributed by atoms with Crippen molar-refractivity contribution >= 4 is 21.5 Å². The van der Waals surface area contributed by atoms with E-state index in [0.29, 0.717) is 6.54 Å². The first-order valence-corrected chi connectivity index (χ1v) is 15.6. The summed E-state index contributed by atoms with van der Waals surface area (Å²) >= 11 is 0. The van der Waals surface area contributed by atoms with Crippen LogP contribution in [0, 0.1) is 27.7 Å². The van der Waals surface area contributed by atoms with Crippen LogP contribution in [-0.4, -0.2) is 16.6 Å². The predicted molar refractivity (Wildman–Crippen MR) is 185 cm³/mol. The molecule has 1 heterocycles. The summed E-state index contributed by atoms with van der Waals surface area (Å²) in [5, 5.41) is 18.4. The lowest BCUT2D eigenvalue weighted by molar-refractivity contribution is 0.123. The van der Waals surface area contributed by atoms with E-state index in [1.165, 1.54) is 38.4 Å². The van der Waals surface area contributed by atoms with Gasteiger partial charge in [-0.25, -0.2) is 0 Å². The van der Waals surface area contributed by atoms with E-state index in [1.54, 1.807) is 0 Å². The molecule has 6 aromatic carbocycles. The van der Waals surface area contributed by atoms with Crippen molar-refractivity contribution in [2.45, 2.75) is 46.4 Å². The summed E-state index contributed by atoms with van der Waals surface area (Å²) in [5.74, 6) is 0. The van der Waals surface area contributed by atoms with Crippen LogP contribution in [0.3, 0.4) is 0 Å². The zero-order valence-corrected chi connectivity index (χ0v) is 26.1. The third-order valence-corrected chi connectivity index (χ3v) is 9.25. The molecule has 218 valence electrons. The molecule has 7 rings (SSSR count). The molecular weight excluding hydrogens is 534 g/mol. The molecule has 0 saturated heterocycles. The summed E-state index contributed by atoms with van der Waals surface area (Å²) < 4.78 is 0. The molecule has 2 nitrogen and oxygen atoms in total. The zero-order valence-electron chi connectivity index (χ0n) is 26.1. The van der Waals surface area contributed by atoms with Crippen molar-refractivity contribution < 1.29 is 5.11 Å². The van der Waals surface area contributed by atoms with E-state index in [9.17, 15) is 5.11 Å². The van der Waals surface area contributed by atoms with Crippen molar-refractivity contribution in [3.8, 4) is 11.1 Å². The molecule has 44 heavy (non-hydrogen) atoms. The highest BCUT2D eigenvalue weighted by Crippen LogP contribution is 2.48. The van der Waals surface area contributed by atoms with E-state index in [1.807, 2.05) is 6.08 Å². The van der Waals surface area contributed by atoms with E-state index >= 15 is 0 Å². The Bertz CT molecular complexity index is 1990. The molecule has 1 aliphatic heterocycles. The van der Waals surface area contributed by atoms with Gasteiger partial charge in [-0.2, -0.15) is 0 Å². The van der Waals surface area contributed by atoms with E-state index in [-0.39, 0.29) is 0 Å². The summed E-state index contributed by atoms with van der Waals surface area (Å²) in [6.45, 7) is 14.8. The van der Waals surface area contributed by atoms with Gasteiger partial charge >= 0.3 is 0 Å². The predicted octanol–water partition coefficient (Wildman–Crippen LogP) is 9.68. The lowest BCUT2D eigenvalue weighted by Gasteiger charge is -2.35. The molecule has 0 unspecified atom stereocenters. The maximum absolute atomic E-state index is 13.6. The number of benzene rings is 6. The van der Waals surface area contributed by atoms with Crippen molar-refractivity contribution in [3.63, 3.8) is 0 Å². The van der Waals surface area contributed by atoms with Crippen molar-refractivity contribution in [3.05, 3.63) is 166 Å². The van der Waals surface area contributed by atoms with Gasteiger partial charge in [0.15, 0.2) is 0 Å². The Kier molecular flexibility index (Phi) is 7.00. The Balaban J connectivity index is 1.69. The number of hydrogen-bond acceptors (Lipinski definition) is 2. The Morgan fingerprint density at radius 1 is 0.659 bits per heavy atom. The lowest BCUT2D eigenvalue weighted by Crippen LogP contribution is -2.32. The fourth-order valence-corrected chi connectivity index (χ4v) is 7.58. The number of fused-ring (bicyclic) bond motifs is 7. The first kappa shape index (κ1) is 28.3. The van der Waals surface area contributed by atoms with Gasteiger partial charge in [0.2, 0.25) is 0 Å². The first-order valence-electron chi connectivity index (χ1n) is 15.6. The van der Waals surface area contributed by atoms with E-state index in [0.717, 1.165) is 57.4 Å². The molecule has 1 N–H and O–H groups in total. The fraction of sp³-hybridized carbons (Fsp3) is 0.190. The Morgan fingerprint density at radius 3 is 1.80 bits per heavy atom. The van der Waals surface area contributed by atoms with Crippen LogP contribution >= 0.6 is 0 Å². The van der Waals surface area contributed by atoms with Gasteiger partial charge in [0.1, 0.15) is 5.60 Å². The minimum Gasteiger partial charge on any atom is -0.376 e. The molecule has 0 aromatic heterocycles. The number of nitrogens with zero attached hydrogens (tertiary/aromatic N) is 1. The topological polar surface area (TPSA) is 23.5 Å². The van der Waals surface area contributed by atoms with Crippen LogP contribution in [0.2, 0.25) is 0 Å². The zero-order chi connectivity index (χ0) is 30.6. The molecule has 0 atom stereocenters. The van der Waals surface area contributed by atoms with Gasteiger partial charge in [-0.15, -0.1) is 6.58 Å². The first-order chi connectivity index (χ1) is 21.3. The minimum atomic E-state index is -1.38. The smallest absolute Gasteiger partial charge is 0.140 e. The van der Waals surface area contributed by atoms with Gasteiger partial charge in [-0.05, 0) is 94.3 Å². The molecule has 0 fully saturated rings. The third-order valence-electron chi connectivity index (χ3n) is 9.25. The van der Waals surface area contributed by atoms with Crippen molar-refractivity contribution in [1.82, 2.24) is 4.90 Å². The third kappa shape index (κ3) is 4.66. The van der Waals surface area contributed by atoms with Crippen LogP contribution in [0.15, 0.2) is 116 Å². The van der Waals surface area contributed by atoms with Crippen molar-refractivity contribution in [2.75, 3.05) is 6.54 Å². The number of aryl methyl sites for hydroxylation is 4. The quantitative estimate of drug-likeness (QED) is 0.164. The Labute approximate surface area is 260 Å². The van der Waals surface area contributed by atoms with Gasteiger partial charge in [0, 0.05) is 19.6 Å². The highest BCUT2D eigenvalue weighted by molar-refractivity contribution is 6.08. The molecular formula is C42H39NO. The van der Waals surface area contributed by atoms with Gasteiger partial charge in [-0.3, -0.25) is 4.90 Å². The fourth-order valence-electron chi connectivity index (χ4n) is 7.58. The standard InChI is InChI=1S/C42H39NO/c1-6-17-43-25-33-16-15-31-11-7-9-13-36(31)40(33)41-37-14-10-8-12-32(37)24-39(38(41)26-43)42(44,34-20-27(2)18-28(3)21-34)35-22-29(4)19-30(5)23-35/h6-16,18-24,44H,1,17,25-26H2,2-5H3. The van der Waals surface area contributed by atoms with Crippen molar-refractivity contribution in [2.24, 2.45) is 0 Å². The van der Waals surface area contributed by atoms with Crippen LogP contribution in [0.5, 0.6) is 0 Å². The Hall–Kier alpha value is -4.50. The van der Waals surface area contributed by atoms with Crippen molar-refractivity contribution in [1.29, 1.82) is 0 Å². The van der Waals surface area contributed by atoms with Crippen LogP contribution in [0.1, 0.15) is 50.1 Å². The Morgan fingerprint density at radius 2 is 1.20 bits per heavy atom. The molecule has 0 aliphatic carbocycles. The molecule has 1 aliphatic rings. The van der Waals surface area contributed by atoms with Crippen LogP contribution in [-0.2, 0) is 18.7 Å². The number of rotatable bonds is 5. The maximum Gasteiger partial charge on any atom is 0.140 e. The normalized spacial score (nSPS) is 13.5. The summed E-state index contributed by atoms with van der Waals surface area (Å²) in [6, 6.07) is 37.2. The lowest BCUT2D eigenvalue weighted by atomic mass is 9.74. The number of hydrogen-bond donors (Lipinski definition) is 1. The van der Waals surface area contributed by atoms with E-state index < -0.39 is 5.60 Å². The molecule has 6 aromatic rings. The van der Waals surface area contributed by atoms with Crippen LogP contribution < -0.4 is 0 Å². The summed E-state index contributed by atoms with van der Waals surface area (Å²) in [6.07, 6.45) is 1.99. The summed E-state index contributed by atoms with van der Waals surface area (Å²) in [4.78, 5) is 2.45. The van der Waals surface area contributed by atoms with Crippen LogP contribution in [0.4, 0.5) is 0 Å². The highest BCUT2D eigenvalue weighted by atomic mass is 16.3. The molecule has 0 saturated carbocycles. The van der Waals surface area contributed by atoms with Gasteiger partial charge < -0.3 is 5.11 Å². The van der Waals surface area contributed by atoms with Crippen LogP contribution in [0.25, 0.3) is 32.7 Å². The second-order valence-corrected chi connectivity index (χ2v) is 12.7. The average molecular weight is 574 g/mol. The summed E-state index contributed by atoms with van der Waals surface area (Å²) in [5.41, 5.74) is 10.9. The number of aliphatic hydroxyl groups is 1. The molecule has 0 bridgehead atoms. The van der Waals surface area contributed by atoms with Gasteiger partial charge in [-0.1, -0.05) is 125 Å². The van der Waals surface area contributed by atoms with Gasteiger partial charge in [0.05, 0.1) is 0 Å². The molecule has 2 heteroatoms. The van der Waals surface area contributed by atoms with E-state index in [2.05, 4.69) is 142 Å². The second-order valence-electron chi connectivity index (χ2n) is 12.7. The second kappa shape index (κ2) is 10.9. The summed E-state index contributed by atoms with van der Waals surface area (Å²) in [7, 11) is 0. The maximum atomic E-state index is 13.6. The molecule has 0 radical (unpaired) electrons. The largest absolute Gasteiger partial charge is 0.376 e. The minimum absolute atomic E-state index is 0.697. The van der Waals surface area contributed by atoms with E-state index in [4.69, 9.17) is 0 Å². The highest BCUT2D eigenvalue weighted by Gasteiger charge is 2.39. The van der Waals surface area contributed by atoms with Gasteiger partial charge in [0.25, 0.3) is 0 Å². The monoisotopic (exact) mass is 573 g/mol. The molecule has 0 amide bonds. The SMILES string of the molecule is C=CCN1Cc2ccc3ccccc3c2-c2c(c(C(O)(c3cc(C)cc(C)c3)c3cc(C)cc(C)c3)cc3ccccc23)C1. The average Bonchev–Trinajstić information content (AvgIpc) is 3.16.